The van der Waals surface area contributed by atoms with Gasteiger partial charge in [0.1, 0.15) is 17.4 Å². The first-order valence-corrected chi connectivity index (χ1v) is 11.2. The maximum Gasteiger partial charge on any atom is 0.233 e. The second kappa shape index (κ2) is 8.58. The molecule has 1 aromatic carbocycles. The van der Waals surface area contributed by atoms with Crippen LogP contribution in [0.5, 0.6) is 5.75 Å². The fraction of sp³-hybridized carbons (Fsp3) is 0.526. The normalized spacial score (nSPS) is 17.4. The Morgan fingerprint density at radius 1 is 1.26 bits per heavy atom. The third kappa shape index (κ3) is 4.80. The predicted octanol–water partition coefficient (Wildman–Crippen LogP) is 2.96. The number of rotatable bonds is 5. The maximum absolute atomic E-state index is 12.7. The van der Waals surface area contributed by atoms with Gasteiger partial charge in [0, 0.05) is 18.7 Å². The van der Waals surface area contributed by atoms with E-state index in [9.17, 15) is 4.79 Å². The van der Waals surface area contributed by atoms with Crippen molar-refractivity contribution in [3.63, 3.8) is 0 Å². The largest absolute Gasteiger partial charge is 0.491 e. The Morgan fingerprint density at radius 3 is 2.89 bits per heavy atom. The molecule has 6 nitrogen and oxygen atoms in total. The lowest BCUT2D eigenvalue weighted by atomic mass is 10.1. The number of thioether (sulfide) groups is 1. The molecule has 8 heteroatoms. The number of likely N-dealkylation sites (tertiary alicyclic amines) is 1. The first-order chi connectivity index (χ1) is 13.2. The topological polar surface area (TPSA) is 58.6 Å². The molecule has 0 bridgehead atoms. The lowest BCUT2D eigenvalue weighted by Crippen LogP contribution is -2.33. The minimum absolute atomic E-state index is 0.120. The number of benzene rings is 1. The van der Waals surface area contributed by atoms with E-state index in [1.54, 1.807) is 0 Å². The molecule has 2 aliphatic heterocycles. The van der Waals surface area contributed by atoms with E-state index in [0.29, 0.717) is 25.4 Å². The van der Waals surface area contributed by atoms with E-state index in [-0.39, 0.29) is 5.91 Å². The van der Waals surface area contributed by atoms with Crippen LogP contribution >= 0.6 is 23.1 Å². The highest BCUT2D eigenvalue weighted by Gasteiger charge is 2.21. The third-order valence-corrected chi connectivity index (χ3v) is 6.85. The lowest BCUT2D eigenvalue weighted by molar-refractivity contribution is -0.129. The molecule has 144 valence electrons. The average molecular weight is 405 g/mol. The van der Waals surface area contributed by atoms with E-state index >= 15 is 0 Å². The molecule has 0 radical (unpaired) electrons. The molecule has 0 unspecified atom stereocenters. The summed E-state index contributed by atoms with van der Waals surface area (Å²) in [5.41, 5.74) is 2.40. The molecular weight excluding hydrogens is 380 g/mol. The third-order valence-electron chi connectivity index (χ3n) is 4.89. The van der Waals surface area contributed by atoms with E-state index < -0.39 is 0 Å². The van der Waals surface area contributed by atoms with Crippen molar-refractivity contribution in [3.05, 3.63) is 34.3 Å². The molecule has 1 saturated heterocycles. The van der Waals surface area contributed by atoms with Gasteiger partial charge in [-0.05, 0) is 50.6 Å². The minimum atomic E-state index is 0.120. The molecule has 4 rings (SSSR count). The lowest BCUT2D eigenvalue weighted by Gasteiger charge is -2.20. The highest BCUT2D eigenvalue weighted by molar-refractivity contribution is 8.01. The Balaban J connectivity index is 1.40. The smallest absolute Gasteiger partial charge is 0.233 e. The van der Waals surface area contributed by atoms with Crippen LogP contribution in [0.4, 0.5) is 0 Å². The predicted molar refractivity (Wildman–Crippen MR) is 107 cm³/mol. The van der Waals surface area contributed by atoms with Crippen molar-refractivity contribution in [2.75, 3.05) is 32.0 Å². The maximum atomic E-state index is 12.7. The van der Waals surface area contributed by atoms with Gasteiger partial charge in [0.15, 0.2) is 4.34 Å². The molecule has 0 aliphatic carbocycles. The number of aromatic nitrogens is 2. The second-order valence-electron chi connectivity index (χ2n) is 6.96. The van der Waals surface area contributed by atoms with E-state index in [4.69, 9.17) is 4.74 Å². The average Bonchev–Trinajstić information content (AvgIpc) is 3.26. The molecule has 0 saturated carbocycles. The zero-order valence-corrected chi connectivity index (χ0v) is 17.2. The van der Waals surface area contributed by atoms with Gasteiger partial charge in [-0.15, -0.1) is 10.2 Å². The van der Waals surface area contributed by atoms with E-state index in [1.807, 2.05) is 11.8 Å². The van der Waals surface area contributed by atoms with Gasteiger partial charge in [-0.25, -0.2) is 0 Å². The van der Waals surface area contributed by atoms with E-state index in [0.717, 1.165) is 27.2 Å². The summed E-state index contributed by atoms with van der Waals surface area (Å²) in [4.78, 5) is 17.1. The minimum Gasteiger partial charge on any atom is -0.491 e. The van der Waals surface area contributed by atoms with Crippen molar-refractivity contribution >= 4 is 29.0 Å². The molecule has 1 amide bonds. The van der Waals surface area contributed by atoms with E-state index in [1.165, 1.54) is 54.6 Å². The zero-order valence-electron chi connectivity index (χ0n) is 15.5. The van der Waals surface area contributed by atoms with Crippen LogP contribution in [0.1, 0.15) is 29.0 Å². The Kier molecular flexibility index (Phi) is 5.95. The first-order valence-electron chi connectivity index (χ1n) is 9.35. The molecule has 27 heavy (non-hydrogen) atoms. The van der Waals surface area contributed by atoms with Crippen LogP contribution in [0, 0.1) is 6.92 Å². The van der Waals surface area contributed by atoms with Crippen molar-refractivity contribution in [1.82, 2.24) is 20.0 Å². The summed E-state index contributed by atoms with van der Waals surface area (Å²) in [5, 5.41) is 9.01. The molecule has 2 aliphatic rings. The molecule has 1 aromatic heterocycles. The van der Waals surface area contributed by atoms with Crippen molar-refractivity contribution in [2.45, 2.75) is 37.2 Å². The van der Waals surface area contributed by atoms with Gasteiger partial charge in [0.05, 0.1) is 12.3 Å². The van der Waals surface area contributed by atoms with Gasteiger partial charge >= 0.3 is 0 Å². The van der Waals surface area contributed by atoms with Crippen LogP contribution in [0.25, 0.3) is 0 Å². The summed E-state index contributed by atoms with van der Waals surface area (Å²) in [6, 6.07) is 6.43. The summed E-state index contributed by atoms with van der Waals surface area (Å²) >= 11 is 2.99. The number of nitrogens with zero attached hydrogens (tertiary/aromatic N) is 4. The van der Waals surface area contributed by atoms with Gasteiger partial charge < -0.3 is 9.64 Å². The number of ether oxygens (including phenoxy) is 1. The summed E-state index contributed by atoms with van der Waals surface area (Å²) in [6.45, 7) is 7.02. The second-order valence-corrected chi connectivity index (χ2v) is 9.37. The molecule has 3 heterocycles. The van der Waals surface area contributed by atoms with Crippen LogP contribution in [0.15, 0.2) is 22.5 Å². The Hall–Kier alpha value is -1.64. The Bertz CT molecular complexity index is 805. The summed E-state index contributed by atoms with van der Waals surface area (Å²) in [5.74, 6) is 1.41. The van der Waals surface area contributed by atoms with Crippen LogP contribution in [-0.4, -0.2) is 57.9 Å². The fourth-order valence-electron chi connectivity index (χ4n) is 3.51. The van der Waals surface area contributed by atoms with Crippen molar-refractivity contribution in [1.29, 1.82) is 0 Å². The first kappa shape index (κ1) is 18.7. The molecular formula is C19H24N4O2S2. The SMILES string of the molecule is Cc1nnc(SCC(=O)N2CCOc3ccc(CN4CCCC4)cc3C2)s1. The number of hydrogen-bond donors (Lipinski definition) is 0. The number of carbonyl (C=O) groups excluding carboxylic acids is 1. The van der Waals surface area contributed by atoms with E-state index in [2.05, 4.69) is 33.3 Å². The zero-order chi connectivity index (χ0) is 18.6. The van der Waals surface area contributed by atoms with Crippen molar-refractivity contribution < 1.29 is 9.53 Å². The molecule has 2 aromatic rings. The number of amides is 1. The van der Waals surface area contributed by atoms with Gasteiger partial charge in [-0.1, -0.05) is 29.2 Å². The summed E-state index contributed by atoms with van der Waals surface area (Å²) in [7, 11) is 0. The molecule has 0 N–H and O–H groups in total. The van der Waals surface area contributed by atoms with Gasteiger partial charge in [0.2, 0.25) is 5.91 Å². The highest BCUT2D eigenvalue weighted by atomic mass is 32.2. The quantitative estimate of drug-likeness (QED) is 0.714. The fourth-order valence-corrected chi connectivity index (χ4v) is 5.23. The summed E-state index contributed by atoms with van der Waals surface area (Å²) < 4.78 is 6.73. The van der Waals surface area contributed by atoms with Gasteiger partial charge in [-0.3, -0.25) is 9.69 Å². The van der Waals surface area contributed by atoms with Gasteiger partial charge in [0.25, 0.3) is 0 Å². The van der Waals surface area contributed by atoms with Crippen LogP contribution < -0.4 is 4.74 Å². The van der Waals surface area contributed by atoms with Crippen LogP contribution in [-0.2, 0) is 17.9 Å². The Morgan fingerprint density at radius 2 is 2.11 bits per heavy atom. The van der Waals surface area contributed by atoms with Gasteiger partial charge in [-0.2, -0.15) is 0 Å². The number of hydrogen-bond acceptors (Lipinski definition) is 7. The molecule has 1 fully saturated rings. The standard InChI is InChI=1S/C19H24N4O2S2/c1-14-20-21-19(27-14)26-13-18(24)23-8-9-25-17-5-4-15(10-16(17)12-23)11-22-6-2-3-7-22/h4-5,10H,2-3,6-9,11-13H2,1H3. The van der Waals surface area contributed by atoms with Crippen LogP contribution in [0.2, 0.25) is 0 Å². The molecule has 0 spiro atoms. The van der Waals surface area contributed by atoms with Crippen molar-refractivity contribution in [2.24, 2.45) is 0 Å². The van der Waals surface area contributed by atoms with Crippen LogP contribution in [0.3, 0.4) is 0 Å². The Labute approximate surface area is 167 Å². The number of carbonyl (C=O) groups is 1. The number of fused-ring (bicyclic) bond motifs is 1. The van der Waals surface area contributed by atoms with Crippen molar-refractivity contribution in [3.8, 4) is 5.75 Å². The number of aryl methyl sites for hydroxylation is 1. The molecule has 0 atom stereocenters. The highest BCUT2D eigenvalue weighted by Crippen LogP contribution is 2.27. The monoisotopic (exact) mass is 404 g/mol. The summed E-state index contributed by atoms with van der Waals surface area (Å²) in [6.07, 6.45) is 2.59.